The number of hydrogen-bond acceptors (Lipinski definition) is 4. The highest BCUT2D eigenvalue weighted by Gasteiger charge is 2.21. The van der Waals surface area contributed by atoms with Gasteiger partial charge in [-0.15, -0.1) is 0 Å². The minimum Gasteiger partial charge on any atom is -0.367 e. The molecule has 2 aliphatic rings. The number of likely N-dealkylation sites (N-methyl/N-ethyl adjacent to an activating group) is 1. The van der Waals surface area contributed by atoms with Gasteiger partial charge in [-0.05, 0) is 31.2 Å². The summed E-state index contributed by atoms with van der Waals surface area (Å²) in [7, 11) is 0. The molecule has 0 atom stereocenters. The quantitative estimate of drug-likeness (QED) is 0.582. The number of benzene rings is 1. The van der Waals surface area contributed by atoms with Crippen molar-refractivity contribution in [1.29, 1.82) is 0 Å². The summed E-state index contributed by atoms with van der Waals surface area (Å²) in [4.78, 5) is 24.8. The molecular formula is C22H35FN6O. The highest BCUT2D eigenvalue weighted by Crippen LogP contribution is 2.22. The fraction of sp³-hybridized carbons (Fsp3) is 0.636. The number of hydrogen-bond donors (Lipinski definition) is 1. The van der Waals surface area contributed by atoms with Gasteiger partial charge in [0.25, 0.3) is 0 Å². The van der Waals surface area contributed by atoms with Crippen LogP contribution >= 0.6 is 0 Å². The summed E-state index contributed by atoms with van der Waals surface area (Å²) < 4.78 is 14.8. The standard InChI is InChI=1S/C22H35FN6O/c1-4-24-22(29-14-12-27(13-15-29)18(3)30)25-17-19-6-7-21(20(23)16-19)28-10-8-26(5-2)9-11-28/h6-7,16H,4-5,8-15,17H2,1-3H3,(H,24,25). The SMILES string of the molecule is CCNC(=NCc1ccc(N2CCN(CC)CC2)c(F)c1)N1CCN(C(C)=O)CC1. The van der Waals surface area contributed by atoms with E-state index in [0.29, 0.717) is 25.3 Å². The van der Waals surface area contributed by atoms with Gasteiger partial charge in [-0.3, -0.25) is 4.79 Å². The van der Waals surface area contributed by atoms with Crippen LogP contribution in [0.1, 0.15) is 26.3 Å². The van der Waals surface area contributed by atoms with Crippen LogP contribution in [-0.2, 0) is 11.3 Å². The molecule has 0 spiro atoms. The largest absolute Gasteiger partial charge is 0.367 e. The molecule has 2 aliphatic heterocycles. The first-order valence-electron chi connectivity index (χ1n) is 11.1. The lowest BCUT2D eigenvalue weighted by Gasteiger charge is -2.36. The van der Waals surface area contributed by atoms with Gasteiger partial charge in [0.1, 0.15) is 5.82 Å². The van der Waals surface area contributed by atoms with Gasteiger partial charge >= 0.3 is 0 Å². The predicted octanol–water partition coefficient (Wildman–Crippen LogP) is 1.60. The van der Waals surface area contributed by atoms with E-state index < -0.39 is 0 Å². The van der Waals surface area contributed by atoms with Crippen LogP contribution in [0.3, 0.4) is 0 Å². The van der Waals surface area contributed by atoms with Crippen LogP contribution in [0, 0.1) is 5.82 Å². The molecule has 1 amide bonds. The number of nitrogens with zero attached hydrogens (tertiary/aromatic N) is 5. The van der Waals surface area contributed by atoms with Crippen LogP contribution in [0.15, 0.2) is 23.2 Å². The van der Waals surface area contributed by atoms with E-state index in [4.69, 9.17) is 4.99 Å². The van der Waals surface area contributed by atoms with Crippen molar-refractivity contribution in [3.63, 3.8) is 0 Å². The van der Waals surface area contributed by atoms with E-state index in [1.54, 1.807) is 13.0 Å². The van der Waals surface area contributed by atoms with E-state index in [-0.39, 0.29) is 11.7 Å². The Morgan fingerprint density at radius 2 is 1.70 bits per heavy atom. The highest BCUT2D eigenvalue weighted by atomic mass is 19.1. The van der Waals surface area contributed by atoms with E-state index in [1.807, 2.05) is 24.0 Å². The number of piperazine rings is 2. The first-order valence-corrected chi connectivity index (χ1v) is 11.1. The van der Waals surface area contributed by atoms with E-state index in [1.165, 1.54) is 0 Å². The van der Waals surface area contributed by atoms with Crippen molar-refractivity contribution in [2.75, 3.05) is 70.3 Å². The third-order valence-corrected chi connectivity index (χ3v) is 5.94. The van der Waals surface area contributed by atoms with Crippen molar-refractivity contribution < 1.29 is 9.18 Å². The highest BCUT2D eigenvalue weighted by molar-refractivity contribution is 5.80. The molecule has 1 aromatic rings. The molecule has 0 bridgehead atoms. The fourth-order valence-electron chi connectivity index (χ4n) is 4.04. The molecule has 7 nitrogen and oxygen atoms in total. The molecule has 30 heavy (non-hydrogen) atoms. The summed E-state index contributed by atoms with van der Waals surface area (Å²) in [6.45, 7) is 14.6. The summed E-state index contributed by atoms with van der Waals surface area (Å²) >= 11 is 0. The fourth-order valence-corrected chi connectivity index (χ4v) is 4.04. The number of carbonyl (C=O) groups excluding carboxylic acids is 1. The topological polar surface area (TPSA) is 54.4 Å². The monoisotopic (exact) mass is 418 g/mol. The molecule has 2 heterocycles. The third-order valence-electron chi connectivity index (χ3n) is 5.94. The average Bonchev–Trinajstić information content (AvgIpc) is 2.77. The molecule has 0 saturated carbocycles. The van der Waals surface area contributed by atoms with Crippen LogP contribution in [0.25, 0.3) is 0 Å². The van der Waals surface area contributed by atoms with Gasteiger partial charge in [0.15, 0.2) is 5.96 Å². The van der Waals surface area contributed by atoms with Crippen molar-refractivity contribution >= 4 is 17.6 Å². The van der Waals surface area contributed by atoms with Gasteiger partial charge in [-0.25, -0.2) is 9.38 Å². The van der Waals surface area contributed by atoms with Crippen molar-refractivity contribution in [1.82, 2.24) is 20.0 Å². The predicted molar refractivity (Wildman–Crippen MR) is 119 cm³/mol. The minimum atomic E-state index is -0.173. The maximum atomic E-state index is 14.8. The zero-order valence-corrected chi connectivity index (χ0v) is 18.5. The van der Waals surface area contributed by atoms with Gasteiger partial charge in [-0.2, -0.15) is 0 Å². The summed E-state index contributed by atoms with van der Waals surface area (Å²) in [6.07, 6.45) is 0. The maximum absolute atomic E-state index is 14.8. The van der Waals surface area contributed by atoms with Gasteiger partial charge in [0, 0.05) is 65.8 Å². The van der Waals surface area contributed by atoms with Crippen LogP contribution in [-0.4, -0.2) is 92.0 Å². The second-order valence-corrected chi connectivity index (χ2v) is 7.87. The van der Waals surface area contributed by atoms with E-state index in [0.717, 1.165) is 63.9 Å². The third kappa shape index (κ3) is 5.62. The number of guanidine groups is 1. The Balaban J connectivity index is 1.62. The zero-order chi connectivity index (χ0) is 21.5. The second kappa shape index (κ2) is 10.6. The summed E-state index contributed by atoms with van der Waals surface area (Å²) in [5.74, 6) is 0.761. The first-order chi connectivity index (χ1) is 14.5. The Morgan fingerprint density at radius 3 is 2.27 bits per heavy atom. The lowest BCUT2D eigenvalue weighted by atomic mass is 10.1. The molecule has 2 saturated heterocycles. The Morgan fingerprint density at radius 1 is 1.03 bits per heavy atom. The zero-order valence-electron chi connectivity index (χ0n) is 18.5. The van der Waals surface area contributed by atoms with Gasteiger partial charge in [0.05, 0.1) is 12.2 Å². The summed E-state index contributed by atoms with van der Waals surface area (Å²) in [5, 5.41) is 3.32. The molecule has 0 aliphatic carbocycles. The minimum absolute atomic E-state index is 0.114. The van der Waals surface area contributed by atoms with Gasteiger partial charge < -0.3 is 24.9 Å². The lowest BCUT2D eigenvalue weighted by molar-refractivity contribution is -0.130. The van der Waals surface area contributed by atoms with Crippen molar-refractivity contribution in [2.24, 2.45) is 4.99 Å². The number of halogens is 1. The van der Waals surface area contributed by atoms with Crippen LogP contribution < -0.4 is 10.2 Å². The average molecular weight is 419 g/mol. The Labute approximate surface area is 179 Å². The Hall–Kier alpha value is -2.35. The molecule has 0 unspecified atom stereocenters. The molecule has 1 aromatic carbocycles. The maximum Gasteiger partial charge on any atom is 0.219 e. The summed E-state index contributed by atoms with van der Waals surface area (Å²) in [5.41, 5.74) is 1.55. The number of aliphatic imine (C=N–C) groups is 1. The first kappa shape index (κ1) is 22.3. The number of amides is 1. The van der Waals surface area contributed by atoms with E-state index in [9.17, 15) is 9.18 Å². The van der Waals surface area contributed by atoms with Gasteiger partial charge in [-0.1, -0.05) is 13.0 Å². The number of nitrogens with one attached hydrogen (secondary N) is 1. The van der Waals surface area contributed by atoms with Crippen LogP contribution in [0.4, 0.5) is 10.1 Å². The molecule has 166 valence electrons. The molecule has 0 aromatic heterocycles. The molecule has 1 N–H and O–H groups in total. The Kier molecular flexibility index (Phi) is 7.90. The van der Waals surface area contributed by atoms with Crippen LogP contribution in [0.2, 0.25) is 0 Å². The molecule has 8 heteroatoms. The van der Waals surface area contributed by atoms with Crippen molar-refractivity contribution in [3.8, 4) is 0 Å². The van der Waals surface area contributed by atoms with Crippen molar-refractivity contribution in [3.05, 3.63) is 29.6 Å². The smallest absolute Gasteiger partial charge is 0.219 e. The number of anilines is 1. The molecule has 0 radical (unpaired) electrons. The normalized spacial score (nSPS) is 18.7. The number of rotatable bonds is 5. The molecule has 3 rings (SSSR count). The Bertz CT molecular complexity index is 739. The van der Waals surface area contributed by atoms with Crippen LogP contribution in [0.5, 0.6) is 0 Å². The molecule has 2 fully saturated rings. The summed E-state index contributed by atoms with van der Waals surface area (Å²) in [6, 6.07) is 5.48. The van der Waals surface area contributed by atoms with Gasteiger partial charge in [0.2, 0.25) is 5.91 Å². The van der Waals surface area contributed by atoms with Crippen molar-refractivity contribution in [2.45, 2.75) is 27.3 Å². The lowest BCUT2D eigenvalue weighted by Crippen LogP contribution is -2.53. The number of carbonyl (C=O) groups is 1. The molecular weight excluding hydrogens is 383 g/mol. The second-order valence-electron chi connectivity index (χ2n) is 7.87. The van der Waals surface area contributed by atoms with E-state index >= 15 is 0 Å². The van der Waals surface area contributed by atoms with E-state index in [2.05, 4.69) is 26.9 Å².